The Kier molecular flexibility index (Phi) is 4.77. The van der Waals surface area contributed by atoms with Crippen LogP contribution in [0.25, 0.3) is 27.5 Å². The molecule has 0 aliphatic heterocycles. The molecule has 0 spiro atoms. The van der Waals surface area contributed by atoms with Gasteiger partial charge < -0.3 is 14.4 Å². The lowest BCUT2D eigenvalue weighted by Crippen LogP contribution is -2.21. The fraction of sp³-hybridized carbons (Fsp3) is 0.320. The molecule has 1 fully saturated rings. The van der Waals surface area contributed by atoms with Gasteiger partial charge in [0.05, 0.1) is 29.8 Å². The molecule has 0 radical (unpaired) electrons. The SMILES string of the molecule is COC(=O)C1(Cc2c(C(C)C)n(-c3ccc(F)cc3)c3cc4cnn(C(=O)O)c4cc23)CC1. The Balaban J connectivity index is 1.85. The van der Waals surface area contributed by atoms with E-state index >= 15 is 0 Å². The van der Waals surface area contributed by atoms with Crippen molar-refractivity contribution in [1.29, 1.82) is 0 Å². The molecular formula is C25H24FN3O4. The van der Waals surface area contributed by atoms with Gasteiger partial charge in [-0.25, -0.2) is 9.18 Å². The summed E-state index contributed by atoms with van der Waals surface area (Å²) in [5, 5.41) is 15.1. The Hall–Kier alpha value is -3.68. The van der Waals surface area contributed by atoms with Crippen molar-refractivity contribution in [2.24, 2.45) is 5.41 Å². The van der Waals surface area contributed by atoms with E-state index in [9.17, 15) is 19.1 Å². The number of hydrogen-bond donors (Lipinski definition) is 1. The minimum absolute atomic E-state index is 0.0879. The molecule has 1 saturated carbocycles. The molecule has 2 heterocycles. The molecule has 7 nitrogen and oxygen atoms in total. The van der Waals surface area contributed by atoms with Crippen molar-refractivity contribution in [2.75, 3.05) is 7.11 Å². The van der Waals surface area contributed by atoms with Gasteiger partial charge in [-0.15, -0.1) is 0 Å². The summed E-state index contributed by atoms with van der Waals surface area (Å²) in [7, 11) is 1.41. The molecule has 1 aliphatic rings. The molecule has 0 saturated heterocycles. The van der Waals surface area contributed by atoms with Crippen LogP contribution in [0.2, 0.25) is 0 Å². The fourth-order valence-electron chi connectivity index (χ4n) is 4.86. The number of ether oxygens (including phenoxy) is 1. The molecule has 2 aromatic carbocycles. The summed E-state index contributed by atoms with van der Waals surface area (Å²) in [6.07, 6.45) is 2.34. The van der Waals surface area contributed by atoms with Crippen LogP contribution in [0.4, 0.5) is 9.18 Å². The van der Waals surface area contributed by atoms with Crippen molar-refractivity contribution >= 4 is 33.9 Å². The maximum atomic E-state index is 13.7. The van der Waals surface area contributed by atoms with Gasteiger partial charge in [-0.3, -0.25) is 4.79 Å². The van der Waals surface area contributed by atoms with E-state index in [-0.39, 0.29) is 17.7 Å². The van der Waals surface area contributed by atoms with E-state index in [1.54, 1.807) is 12.1 Å². The first kappa shape index (κ1) is 21.2. The first-order chi connectivity index (χ1) is 15.8. The smallest absolute Gasteiger partial charge is 0.432 e. The molecule has 0 amide bonds. The van der Waals surface area contributed by atoms with Crippen molar-refractivity contribution in [3.05, 3.63) is 59.7 Å². The van der Waals surface area contributed by atoms with Crippen molar-refractivity contribution in [3.63, 3.8) is 0 Å². The largest absolute Gasteiger partial charge is 0.469 e. The van der Waals surface area contributed by atoms with Crippen LogP contribution < -0.4 is 0 Å². The first-order valence-corrected chi connectivity index (χ1v) is 10.9. The van der Waals surface area contributed by atoms with Gasteiger partial charge >= 0.3 is 12.1 Å². The third kappa shape index (κ3) is 3.28. The van der Waals surface area contributed by atoms with Crippen LogP contribution in [-0.4, -0.2) is 38.6 Å². The molecule has 4 aromatic rings. The molecule has 8 heteroatoms. The number of benzene rings is 2. The summed E-state index contributed by atoms with van der Waals surface area (Å²) in [6.45, 7) is 4.16. The molecule has 0 bridgehead atoms. The maximum absolute atomic E-state index is 13.7. The number of nitrogens with zero attached hydrogens (tertiary/aromatic N) is 3. The highest BCUT2D eigenvalue weighted by atomic mass is 19.1. The second kappa shape index (κ2) is 7.43. The molecule has 33 heavy (non-hydrogen) atoms. The second-order valence-electron chi connectivity index (χ2n) is 9.05. The zero-order chi connectivity index (χ0) is 23.5. The summed E-state index contributed by atoms with van der Waals surface area (Å²) >= 11 is 0. The van der Waals surface area contributed by atoms with Crippen molar-refractivity contribution in [3.8, 4) is 5.69 Å². The van der Waals surface area contributed by atoms with Crippen LogP contribution in [-0.2, 0) is 16.0 Å². The van der Waals surface area contributed by atoms with E-state index in [2.05, 4.69) is 23.5 Å². The molecule has 0 atom stereocenters. The summed E-state index contributed by atoms with van der Waals surface area (Å²) in [5.74, 6) is -0.462. The maximum Gasteiger partial charge on any atom is 0.432 e. The van der Waals surface area contributed by atoms with E-state index in [4.69, 9.17) is 4.74 Å². The highest BCUT2D eigenvalue weighted by Crippen LogP contribution is 2.52. The quantitative estimate of drug-likeness (QED) is 0.420. The van der Waals surface area contributed by atoms with Gasteiger partial charge in [0.25, 0.3) is 0 Å². The van der Waals surface area contributed by atoms with Gasteiger partial charge in [0.15, 0.2) is 0 Å². The first-order valence-electron chi connectivity index (χ1n) is 10.9. The summed E-state index contributed by atoms with van der Waals surface area (Å²) < 4.78 is 21.8. The third-order valence-corrected chi connectivity index (χ3v) is 6.60. The van der Waals surface area contributed by atoms with Gasteiger partial charge in [0, 0.05) is 22.2 Å². The molecule has 170 valence electrons. The Morgan fingerprint density at radius 2 is 1.88 bits per heavy atom. The second-order valence-corrected chi connectivity index (χ2v) is 9.05. The van der Waals surface area contributed by atoms with Gasteiger partial charge in [0.2, 0.25) is 0 Å². The van der Waals surface area contributed by atoms with Gasteiger partial charge in [-0.05, 0) is 67.1 Å². The minimum Gasteiger partial charge on any atom is -0.469 e. The number of carbonyl (C=O) groups excluding carboxylic acids is 1. The van der Waals surface area contributed by atoms with Gasteiger partial charge in [-0.2, -0.15) is 9.78 Å². The molecule has 2 aromatic heterocycles. The van der Waals surface area contributed by atoms with Crippen molar-refractivity contribution < 1.29 is 23.8 Å². The van der Waals surface area contributed by atoms with Crippen molar-refractivity contribution in [1.82, 2.24) is 14.3 Å². The molecular weight excluding hydrogens is 425 g/mol. The zero-order valence-corrected chi connectivity index (χ0v) is 18.6. The van der Waals surface area contributed by atoms with Gasteiger partial charge in [-0.1, -0.05) is 13.8 Å². The van der Waals surface area contributed by atoms with Crippen molar-refractivity contribution in [2.45, 2.75) is 39.0 Å². The number of aromatic nitrogens is 3. The lowest BCUT2D eigenvalue weighted by molar-refractivity contribution is -0.147. The molecule has 1 aliphatic carbocycles. The Labute approximate surface area is 189 Å². The monoisotopic (exact) mass is 449 g/mol. The van der Waals surface area contributed by atoms with Crippen LogP contribution >= 0.6 is 0 Å². The van der Waals surface area contributed by atoms with Crippen LogP contribution in [0.1, 0.15) is 43.9 Å². The number of fused-ring (bicyclic) bond motifs is 2. The van der Waals surface area contributed by atoms with Crippen LogP contribution in [0.15, 0.2) is 42.6 Å². The average Bonchev–Trinajstić information content (AvgIpc) is 3.34. The third-order valence-electron chi connectivity index (χ3n) is 6.60. The summed E-state index contributed by atoms with van der Waals surface area (Å²) in [4.78, 5) is 24.3. The molecule has 5 rings (SSSR count). The minimum atomic E-state index is -1.17. The Morgan fingerprint density at radius 1 is 1.18 bits per heavy atom. The average molecular weight is 449 g/mol. The number of rotatable bonds is 5. The van der Waals surface area contributed by atoms with Crippen LogP contribution in [0.3, 0.4) is 0 Å². The lowest BCUT2D eigenvalue weighted by atomic mass is 9.91. The number of hydrogen-bond acceptors (Lipinski definition) is 4. The lowest BCUT2D eigenvalue weighted by Gasteiger charge is -2.18. The van der Waals surface area contributed by atoms with E-state index in [1.807, 2.05) is 12.1 Å². The van der Waals surface area contributed by atoms with Gasteiger partial charge in [0.1, 0.15) is 5.82 Å². The van der Waals surface area contributed by atoms with E-state index < -0.39 is 11.5 Å². The Bertz CT molecular complexity index is 1410. The zero-order valence-electron chi connectivity index (χ0n) is 18.6. The highest BCUT2D eigenvalue weighted by Gasteiger charge is 2.51. The number of esters is 1. The normalized spacial score (nSPS) is 14.8. The number of carboxylic acid groups (broad SMARTS) is 1. The number of methoxy groups -OCH3 is 1. The number of carbonyl (C=O) groups is 2. The Morgan fingerprint density at radius 3 is 2.45 bits per heavy atom. The van der Waals surface area contributed by atoms with E-state index in [0.717, 1.165) is 45.4 Å². The molecule has 0 unspecified atom stereocenters. The highest BCUT2D eigenvalue weighted by molar-refractivity contribution is 6.01. The standard InChI is InChI=1S/C25H24FN3O4/c1-14(2)22-19(12-25(8-9-25)23(30)33-3)18-11-20-15(13-27-29(20)24(31)32)10-21(18)28(22)17-6-4-16(26)5-7-17/h4-7,10-11,13-14H,8-9,12H2,1-3H3,(H,31,32). The molecule has 1 N–H and O–H groups in total. The van der Waals surface area contributed by atoms with Crippen LogP contribution in [0.5, 0.6) is 0 Å². The predicted molar refractivity (Wildman–Crippen MR) is 121 cm³/mol. The van der Waals surface area contributed by atoms with E-state index in [1.165, 1.54) is 25.4 Å². The predicted octanol–water partition coefficient (Wildman–Crippen LogP) is 5.26. The van der Waals surface area contributed by atoms with Crippen LogP contribution in [0, 0.1) is 11.2 Å². The van der Waals surface area contributed by atoms with E-state index in [0.29, 0.717) is 17.3 Å². The fourth-order valence-corrected chi connectivity index (χ4v) is 4.86. The summed E-state index contributed by atoms with van der Waals surface area (Å²) in [5.41, 5.74) is 3.55. The number of halogens is 1. The summed E-state index contributed by atoms with van der Waals surface area (Å²) in [6, 6.07) is 10.0. The topological polar surface area (TPSA) is 86.4 Å².